The normalized spacial score (nSPS) is 19.3. The Morgan fingerprint density at radius 2 is 2.15 bits per heavy atom. The molecular formula is C18H28N4O4. The molecule has 1 aromatic rings. The first-order valence-electron chi connectivity index (χ1n) is 9.08. The highest BCUT2D eigenvalue weighted by molar-refractivity contribution is 5.97. The number of carbonyl (C=O) groups excluding carboxylic acids is 2. The topological polar surface area (TPSA) is 116 Å². The van der Waals surface area contributed by atoms with Crippen molar-refractivity contribution in [1.82, 2.24) is 10.3 Å². The minimum atomic E-state index is -0.435. The van der Waals surface area contributed by atoms with Gasteiger partial charge in [-0.15, -0.1) is 0 Å². The van der Waals surface area contributed by atoms with Crippen molar-refractivity contribution in [1.29, 1.82) is 0 Å². The highest BCUT2D eigenvalue weighted by atomic mass is 16.5. The van der Waals surface area contributed by atoms with Gasteiger partial charge in [0.1, 0.15) is 11.8 Å². The van der Waals surface area contributed by atoms with E-state index in [1.807, 2.05) is 6.92 Å². The van der Waals surface area contributed by atoms with Gasteiger partial charge < -0.3 is 25.8 Å². The standard InChI is InChI=1S/C18H28N4O4/c1-13-4-5-16(26-13)18(24)22-14-6-9-20-15(12-14)17(23)21-8-3-11-25-10-2-7-19/h6,9,12-13,16H,2-5,7-8,10-11,19H2,1H3,(H,21,23)(H,20,22,24)/t13?,16-/m1/s1. The largest absolute Gasteiger partial charge is 0.381 e. The number of aromatic nitrogens is 1. The number of hydrogen-bond donors (Lipinski definition) is 3. The quantitative estimate of drug-likeness (QED) is 0.535. The van der Waals surface area contributed by atoms with E-state index in [2.05, 4.69) is 15.6 Å². The average molecular weight is 364 g/mol. The number of pyridine rings is 1. The Labute approximate surface area is 153 Å². The maximum Gasteiger partial charge on any atom is 0.269 e. The molecule has 4 N–H and O–H groups in total. The van der Waals surface area contributed by atoms with E-state index in [4.69, 9.17) is 15.2 Å². The molecule has 8 heteroatoms. The predicted octanol–water partition coefficient (Wildman–Crippen LogP) is 1.07. The summed E-state index contributed by atoms with van der Waals surface area (Å²) in [7, 11) is 0. The Hall–Kier alpha value is -2.03. The lowest BCUT2D eigenvalue weighted by Crippen LogP contribution is -2.28. The van der Waals surface area contributed by atoms with Crippen LogP contribution in [0.25, 0.3) is 0 Å². The molecule has 1 unspecified atom stereocenters. The average Bonchev–Trinajstić information content (AvgIpc) is 3.07. The lowest BCUT2D eigenvalue weighted by molar-refractivity contribution is -0.126. The number of amides is 2. The first-order valence-corrected chi connectivity index (χ1v) is 9.08. The first kappa shape index (κ1) is 20.3. The van der Waals surface area contributed by atoms with Gasteiger partial charge in [0.2, 0.25) is 0 Å². The highest BCUT2D eigenvalue weighted by Gasteiger charge is 2.28. The number of carbonyl (C=O) groups is 2. The molecule has 2 atom stereocenters. The van der Waals surface area contributed by atoms with Crippen LogP contribution < -0.4 is 16.4 Å². The summed E-state index contributed by atoms with van der Waals surface area (Å²) in [6, 6.07) is 3.21. The Kier molecular flexibility index (Phi) is 8.46. The van der Waals surface area contributed by atoms with E-state index in [0.29, 0.717) is 44.8 Å². The summed E-state index contributed by atoms with van der Waals surface area (Å²) in [4.78, 5) is 28.4. The number of ether oxygens (including phenoxy) is 2. The van der Waals surface area contributed by atoms with Crippen molar-refractivity contribution in [3.8, 4) is 0 Å². The molecule has 1 aliphatic rings. The van der Waals surface area contributed by atoms with Crippen LogP contribution in [0.2, 0.25) is 0 Å². The molecule has 2 heterocycles. The Morgan fingerprint density at radius 1 is 1.35 bits per heavy atom. The molecule has 2 amide bonds. The molecule has 8 nitrogen and oxygen atoms in total. The van der Waals surface area contributed by atoms with E-state index in [-0.39, 0.29) is 23.6 Å². The second-order valence-electron chi connectivity index (χ2n) is 6.30. The maximum absolute atomic E-state index is 12.2. The van der Waals surface area contributed by atoms with Crippen LogP contribution in [-0.2, 0) is 14.3 Å². The van der Waals surface area contributed by atoms with Crippen molar-refractivity contribution in [3.63, 3.8) is 0 Å². The fourth-order valence-corrected chi connectivity index (χ4v) is 2.60. The fraction of sp³-hybridized carbons (Fsp3) is 0.611. The number of nitrogens with two attached hydrogens (primary N) is 1. The molecule has 0 aliphatic carbocycles. The van der Waals surface area contributed by atoms with E-state index < -0.39 is 6.10 Å². The van der Waals surface area contributed by atoms with Crippen LogP contribution in [0, 0.1) is 0 Å². The van der Waals surface area contributed by atoms with E-state index in [0.717, 1.165) is 12.8 Å². The molecule has 26 heavy (non-hydrogen) atoms. The van der Waals surface area contributed by atoms with Crippen LogP contribution >= 0.6 is 0 Å². The number of nitrogens with one attached hydrogen (secondary N) is 2. The van der Waals surface area contributed by atoms with E-state index in [1.165, 1.54) is 6.20 Å². The molecule has 144 valence electrons. The molecule has 2 rings (SSSR count). The van der Waals surface area contributed by atoms with E-state index in [1.54, 1.807) is 12.1 Å². The second kappa shape index (κ2) is 10.8. The van der Waals surface area contributed by atoms with Gasteiger partial charge in [-0.05, 0) is 51.3 Å². The van der Waals surface area contributed by atoms with Crippen molar-refractivity contribution in [3.05, 3.63) is 24.0 Å². The first-order chi connectivity index (χ1) is 12.6. The number of nitrogens with zero attached hydrogens (tertiary/aromatic N) is 1. The third kappa shape index (κ3) is 6.70. The molecule has 0 bridgehead atoms. The molecule has 1 aromatic heterocycles. The summed E-state index contributed by atoms with van der Waals surface area (Å²) in [6.45, 7) is 4.26. The molecule has 0 spiro atoms. The Balaban J connectivity index is 1.75. The summed E-state index contributed by atoms with van der Waals surface area (Å²) in [6.07, 6.45) is 4.29. The van der Waals surface area contributed by atoms with Crippen molar-refractivity contribution in [2.24, 2.45) is 5.73 Å². The van der Waals surface area contributed by atoms with Crippen molar-refractivity contribution >= 4 is 17.5 Å². The third-order valence-corrected chi connectivity index (χ3v) is 4.03. The van der Waals surface area contributed by atoms with Crippen LogP contribution in [0.4, 0.5) is 5.69 Å². The van der Waals surface area contributed by atoms with Crippen LogP contribution in [0.5, 0.6) is 0 Å². The van der Waals surface area contributed by atoms with E-state index >= 15 is 0 Å². The fourth-order valence-electron chi connectivity index (χ4n) is 2.60. The van der Waals surface area contributed by atoms with Gasteiger partial charge in [-0.1, -0.05) is 0 Å². The van der Waals surface area contributed by atoms with Gasteiger partial charge in [0, 0.05) is 31.6 Å². The van der Waals surface area contributed by atoms with Crippen LogP contribution in [0.15, 0.2) is 18.3 Å². The Bertz CT molecular complexity index is 596. The summed E-state index contributed by atoms with van der Waals surface area (Å²) in [5.74, 6) is -0.477. The van der Waals surface area contributed by atoms with Gasteiger partial charge in [0.05, 0.1) is 6.10 Å². The molecule has 1 aliphatic heterocycles. The maximum atomic E-state index is 12.2. The molecule has 0 radical (unpaired) electrons. The van der Waals surface area contributed by atoms with Gasteiger partial charge in [-0.2, -0.15) is 0 Å². The lowest BCUT2D eigenvalue weighted by atomic mass is 10.2. The van der Waals surface area contributed by atoms with Gasteiger partial charge >= 0.3 is 0 Å². The van der Waals surface area contributed by atoms with Crippen molar-refractivity contribution < 1.29 is 19.1 Å². The summed E-state index contributed by atoms with van der Waals surface area (Å²) in [5, 5.41) is 5.57. The highest BCUT2D eigenvalue weighted by Crippen LogP contribution is 2.20. The van der Waals surface area contributed by atoms with Crippen molar-refractivity contribution in [2.45, 2.75) is 44.8 Å². The van der Waals surface area contributed by atoms with Crippen LogP contribution in [0.3, 0.4) is 0 Å². The zero-order valence-electron chi connectivity index (χ0n) is 15.2. The molecule has 0 saturated carbocycles. The number of anilines is 1. The smallest absolute Gasteiger partial charge is 0.269 e. The minimum Gasteiger partial charge on any atom is -0.381 e. The van der Waals surface area contributed by atoms with E-state index in [9.17, 15) is 9.59 Å². The third-order valence-electron chi connectivity index (χ3n) is 4.03. The number of rotatable bonds is 10. The van der Waals surface area contributed by atoms with Crippen LogP contribution in [-0.4, -0.2) is 55.3 Å². The minimum absolute atomic E-state index is 0.101. The lowest BCUT2D eigenvalue weighted by Gasteiger charge is -2.12. The summed E-state index contributed by atoms with van der Waals surface area (Å²) in [5.41, 5.74) is 6.17. The predicted molar refractivity (Wildman–Crippen MR) is 97.9 cm³/mol. The SMILES string of the molecule is CC1CC[C@H](C(=O)Nc2ccnc(C(=O)NCCCOCCCN)c2)O1. The second-order valence-corrected chi connectivity index (χ2v) is 6.30. The molecule has 1 saturated heterocycles. The zero-order valence-corrected chi connectivity index (χ0v) is 15.2. The Morgan fingerprint density at radius 3 is 2.88 bits per heavy atom. The zero-order chi connectivity index (χ0) is 18.8. The summed E-state index contributed by atoms with van der Waals surface area (Å²) >= 11 is 0. The van der Waals surface area contributed by atoms with Gasteiger partial charge in [0.25, 0.3) is 11.8 Å². The molecule has 1 fully saturated rings. The van der Waals surface area contributed by atoms with Gasteiger partial charge in [0.15, 0.2) is 0 Å². The molecular weight excluding hydrogens is 336 g/mol. The summed E-state index contributed by atoms with van der Waals surface area (Å²) < 4.78 is 10.9. The van der Waals surface area contributed by atoms with Gasteiger partial charge in [-0.3, -0.25) is 14.6 Å². The number of hydrogen-bond acceptors (Lipinski definition) is 6. The van der Waals surface area contributed by atoms with Crippen LogP contribution in [0.1, 0.15) is 43.1 Å². The van der Waals surface area contributed by atoms with Gasteiger partial charge in [-0.25, -0.2) is 0 Å². The molecule has 0 aromatic carbocycles. The van der Waals surface area contributed by atoms with Crippen molar-refractivity contribution in [2.75, 3.05) is 31.6 Å². The monoisotopic (exact) mass is 364 g/mol.